The molecule has 0 amide bonds. The van der Waals surface area contributed by atoms with Crippen LogP contribution in [0.15, 0.2) is 57.6 Å². The van der Waals surface area contributed by atoms with Gasteiger partial charge in [-0.05, 0) is 18.9 Å². The average molecular weight is 542 g/mol. The molecule has 10 nitrogen and oxygen atoms in total. The van der Waals surface area contributed by atoms with Crippen molar-refractivity contribution in [1.29, 1.82) is 0 Å². The van der Waals surface area contributed by atoms with E-state index in [0.717, 1.165) is 0 Å². The van der Waals surface area contributed by atoms with E-state index in [1.165, 1.54) is 12.1 Å². The molecule has 6 rings (SSSR count). The van der Waals surface area contributed by atoms with Crippen molar-refractivity contribution in [3.05, 3.63) is 59.7 Å². The van der Waals surface area contributed by atoms with Gasteiger partial charge in [0.2, 0.25) is 11.6 Å². The lowest BCUT2D eigenvalue weighted by Gasteiger charge is -2.39. The number of ether oxygens (including phenoxy) is 1. The number of carbonyl (C=O) groups is 1. The maximum absolute atomic E-state index is 14.0. The van der Waals surface area contributed by atoms with E-state index in [4.69, 9.17) is 18.9 Å². The number of carboxylic acids is 1. The largest absolute Gasteiger partial charge is 0.491 e. The molecule has 2 aromatic heterocycles. The number of hydrogen-bond acceptors (Lipinski definition) is 9. The highest BCUT2D eigenvalue weighted by Crippen LogP contribution is 2.43. The van der Waals surface area contributed by atoms with Gasteiger partial charge in [-0.1, -0.05) is 52.8 Å². The van der Waals surface area contributed by atoms with Crippen LogP contribution in [0, 0.1) is 5.92 Å². The van der Waals surface area contributed by atoms with Crippen LogP contribution in [0.2, 0.25) is 0 Å². The molecule has 2 aromatic carbocycles. The number of nitrogens with zero attached hydrogens (tertiary/aromatic N) is 3. The van der Waals surface area contributed by atoms with Crippen molar-refractivity contribution in [1.82, 2.24) is 20.6 Å². The summed E-state index contributed by atoms with van der Waals surface area (Å²) in [7, 11) is 0. The van der Waals surface area contributed by atoms with E-state index >= 15 is 0 Å². The van der Waals surface area contributed by atoms with Gasteiger partial charge in [0.05, 0.1) is 12.0 Å². The number of fused-ring (bicyclic) bond motifs is 1. The van der Waals surface area contributed by atoms with E-state index < -0.39 is 47.2 Å². The lowest BCUT2D eigenvalue weighted by molar-refractivity contribution is -0.145. The zero-order chi connectivity index (χ0) is 27.3. The molecule has 3 heterocycles. The van der Waals surface area contributed by atoms with Gasteiger partial charge in [0, 0.05) is 22.7 Å². The maximum Gasteiger partial charge on any atom is 0.422 e. The molecule has 3 N–H and O–H groups in total. The fourth-order valence-electron chi connectivity index (χ4n) is 4.85. The Morgan fingerprint density at radius 3 is 2.51 bits per heavy atom. The topological polar surface area (TPSA) is 144 Å². The van der Waals surface area contributed by atoms with Gasteiger partial charge in [0.25, 0.3) is 5.89 Å². The van der Waals surface area contributed by atoms with Gasteiger partial charge in [-0.15, -0.1) is 0 Å². The summed E-state index contributed by atoms with van der Waals surface area (Å²) in [6.45, 7) is 0.138. The smallest absolute Gasteiger partial charge is 0.422 e. The molecule has 0 unspecified atom stereocenters. The van der Waals surface area contributed by atoms with Gasteiger partial charge < -0.3 is 29.3 Å². The molecule has 2 aliphatic rings. The highest BCUT2D eigenvalue weighted by Gasteiger charge is 2.43. The Morgan fingerprint density at radius 2 is 1.79 bits per heavy atom. The molecule has 1 aliphatic carbocycles. The summed E-state index contributed by atoms with van der Waals surface area (Å²) in [5.74, 6) is -2.04. The summed E-state index contributed by atoms with van der Waals surface area (Å²) in [6.07, 6.45) is -4.74. The monoisotopic (exact) mass is 542 g/mol. The van der Waals surface area contributed by atoms with Crippen LogP contribution in [0.1, 0.15) is 30.1 Å². The number of rotatable bonds is 6. The second-order valence-electron chi connectivity index (χ2n) is 9.51. The average Bonchev–Trinajstić information content (AvgIpc) is 3.55. The van der Waals surface area contributed by atoms with Crippen molar-refractivity contribution in [2.24, 2.45) is 5.92 Å². The van der Waals surface area contributed by atoms with E-state index in [2.05, 4.69) is 20.6 Å². The molecule has 202 valence electrons. The number of aliphatic carboxylic acids is 1. The third kappa shape index (κ3) is 4.63. The maximum atomic E-state index is 14.0. The molecule has 4 aromatic rings. The highest BCUT2D eigenvalue weighted by atomic mass is 19.4. The van der Waals surface area contributed by atoms with Crippen molar-refractivity contribution < 1.29 is 42.0 Å². The van der Waals surface area contributed by atoms with Gasteiger partial charge in [0.15, 0.2) is 0 Å². The number of carboxylic acid groups (broad SMARTS) is 1. The minimum absolute atomic E-state index is 0.00824. The Bertz CT molecular complexity index is 1510. The van der Waals surface area contributed by atoms with E-state index in [0.29, 0.717) is 29.7 Å². The second kappa shape index (κ2) is 9.50. The van der Waals surface area contributed by atoms with Crippen LogP contribution >= 0.6 is 0 Å². The summed E-state index contributed by atoms with van der Waals surface area (Å²) in [5, 5.41) is 30.6. The van der Waals surface area contributed by atoms with Gasteiger partial charge in [0.1, 0.15) is 29.7 Å². The predicted octanol–water partition coefficient (Wildman–Crippen LogP) is 4.32. The molecule has 39 heavy (non-hydrogen) atoms. The fraction of sp³-hybridized carbons (Fsp3) is 0.308. The molecule has 0 spiro atoms. The number of aromatic nitrogens is 3. The summed E-state index contributed by atoms with van der Waals surface area (Å²) >= 11 is 0. The summed E-state index contributed by atoms with van der Waals surface area (Å²) in [6, 6.07) is 12.1. The normalized spacial score (nSPS) is 22.6. The van der Waals surface area contributed by atoms with Gasteiger partial charge in [-0.2, -0.15) is 18.2 Å². The van der Waals surface area contributed by atoms with Gasteiger partial charge in [-0.3, -0.25) is 4.79 Å². The van der Waals surface area contributed by atoms with Crippen LogP contribution in [0.25, 0.3) is 34.3 Å². The van der Waals surface area contributed by atoms with Crippen LogP contribution in [-0.4, -0.2) is 50.2 Å². The number of aliphatic hydroxyl groups excluding tert-OH is 1. The van der Waals surface area contributed by atoms with Crippen molar-refractivity contribution in [2.75, 3.05) is 6.61 Å². The number of hydrogen-bond donors (Lipinski definition) is 3. The van der Waals surface area contributed by atoms with Crippen LogP contribution in [0.4, 0.5) is 13.2 Å². The first-order chi connectivity index (χ1) is 18.7. The molecule has 0 saturated heterocycles. The first-order valence-corrected chi connectivity index (χ1v) is 12.1. The van der Waals surface area contributed by atoms with Crippen molar-refractivity contribution in [2.45, 2.75) is 37.2 Å². The molecule has 0 radical (unpaired) electrons. The first kappa shape index (κ1) is 25.1. The summed E-state index contributed by atoms with van der Waals surface area (Å²) in [5.41, 5.74) is -0.403. The third-order valence-corrected chi connectivity index (χ3v) is 6.97. The standard InChI is InChI=1S/C26H21F3N4O6/c27-26(28,29)19-20(12-4-2-1-3-5-12)32-38-22(19)24-31-23(33-39-24)13-6-7-16-18(10-13)37-11-17(21(16)34)30-15-8-14(9-15)25(35)36/h1-7,10,14-15,17,21,30,34H,8-9,11H2,(H,35,36)/t14-,15-,17-,21+/m1/s1. The van der Waals surface area contributed by atoms with Crippen LogP contribution in [-0.2, 0) is 11.0 Å². The Labute approximate surface area is 218 Å². The van der Waals surface area contributed by atoms with Crippen molar-refractivity contribution in [3.8, 4) is 40.0 Å². The minimum atomic E-state index is -4.80. The molecule has 1 saturated carbocycles. The highest BCUT2D eigenvalue weighted by molar-refractivity contribution is 5.72. The molecule has 1 fully saturated rings. The Morgan fingerprint density at radius 1 is 1.03 bits per heavy atom. The summed E-state index contributed by atoms with van der Waals surface area (Å²) < 4.78 is 58.0. The second-order valence-corrected chi connectivity index (χ2v) is 9.51. The van der Waals surface area contributed by atoms with Gasteiger partial charge in [-0.25, -0.2) is 0 Å². The minimum Gasteiger partial charge on any atom is -0.491 e. The molecular weight excluding hydrogens is 521 g/mol. The SMILES string of the molecule is O=C(O)[C@H]1C[C@H](N[C@@H]2COc3cc(-c4noc(-c5onc(-c6ccccc6)c5C(F)(F)F)n4)ccc3[C@@H]2O)C1. The summed E-state index contributed by atoms with van der Waals surface area (Å²) in [4.78, 5) is 15.1. The van der Waals surface area contributed by atoms with E-state index in [9.17, 15) is 23.1 Å². The van der Waals surface area contributed by atoms with E-state index in [1.54, 1.807) is 36.4 Å². The van der Waals surface area contributed by atoms with Gasteiger partial charge >= 0.3 is 12.1 Å². The fourth-order valence-corrected chi connectivity index (χ4v) is 4.85. The molecule has 1 aliphatic heterocycles. The number of halogens is 3. The first-order valence-electron chi connectivity index (χ1n) is 12.1. The van der Waals surface area contributed by atoms with E-state index in [1.807, 2.05) is 0 Å². The Balaban J connectivity index is 1.23. The quantitative estimate of drug-likeness (QED) is 0.322. The predicted molar refractivity (Wildman–Crippen MR) is 127 cm³/mol. The third-order valence-electron chi connectivity index (χ3n) is 6.97. The van der Waals surface area contributed by atoms with E-state index in [-0.39, 0.29) is 30.0 Å². The molecule has 13 heteroatoms. The number of benzene rings is 2. The lowest BCUT2D eigenvalue weighted by Crippen LogP contribution is -2.53. The Kier molecular flexibility index (Phi) is 6.11. The number of nitrogens with one attached hydrogen (secondary N) is 1. The molecule has 2 atom stereocenters. The van der Waals surface area contributed by atoms with Crippen LogP contribution < -0.4 is 10.1 Å². The molecule has 0 bridgehead atoms. The zero-order valence-electron chi connectivity index (χ0n) is 20.1. The van der Waals surface area contributed by atoms with Crippen LogP contribution in [0.5, 0.6) is 5.75 Å². The zero-order valence-corrected chi connectivity index (χ0v) is 20.1. The van der Waals surface area contributed by atoms with Crippen LogP contribution in [0.3, 0.4) is 0 Å². The lowest BCUT2D eigenvalue weighted by atomic mass is 9.79. The number of aliphatic hydroxyl groups is 1. The van der Waals surface area contributed by atoms with Crippen molar-refractivity contribution >= 4 is 5.97 Å². The molecular formula is C26H21F3N4O6. The van der Waals surface area contributed by atoms with Crippen molar-refractivity contribution in [3.63, 3.8) is 0 Å². The Hall–Kier alpha value is -4.23. The number of alkyl halides is 3.